The number of benzene rings is 2. The first-order valence-corrected chi connectivity index (χ1v) is 5.85. The number of amides is 2. The molecule has 2 aromatic carbocycles. The fourth-order valence-corrected chi connectivity index (χ4v) is 1.74. The number of rotatable bonds is 4. The Labute approximate surface area is 111 Å². The van der Waals surface area contributed by atoms with Gasteiger partial charge in [0, 0.05) is 24.0 Å². The summed E-state index contributed by atoms with van der Waals surface area (Å²) >= 11 is 0. The van der Waals surface area contributed by atoms with Crippen molar-refractivity contribution in [2.45, 2.75) is 0 Å². The van der Waals surface area contributed by atoms with Gasteiger partial charge in [-0.1, -0.05) is 18.2 Å². The van der Waals surface area contributed by atoms with Crippen LogP contribution in [-0.2, 0) is 4.79 Å². The molecule has 0 heterocycles. The van der Waals surface area contributed by atoms with Crippen LogP contribution in [0, 0.1) is 0 Å². The summed E-state index contributed by atoms with van der Waals surface area (Å²) in [4.78, 5) is 24.1. The summed E-state index contributed by atoms with van der Waals surface area (Å²) in [6.45, 7) is 0. The number of hydrogen-bond acceptors (Lipinski definition) is 2. The summed E-state index contributed by atoms with van der Waals surface area (Å²) in [7, 11) is 1.72. The van der Waals surface area contributed by atoms with Gasteiger partial charge in [0.15, 0.2) is 0 Å². The summed E-state index contributed by atoms with van der Waals surface area (Å²) in [5.74, 6) is -0.0725. The Bertz CT molecular complexity index is 564. The van der Waals surface area contributed by atoms with Gasteiger partial charge in [-0.3, -0.25) is 9.59 Å². The minimum Gasteiger partial charge on any atom is -0.329 e. The molecule has 19 heavy (non-hydrogen) atoms. The maximum atomic E-state index is 12.2. The van der Waals surface area contributed by atoms with Crippen molar-refractivity contribution in [1.82, 2.24) is 0 Å². The first-order chi connectivity index (χ1) is 9.22. The molecular formula is C15H14N2O2. The van der Waals surface area contributed by atoms with E-state index in [0.29, 0.717) is 17.7 Å². The molecule has 0 aromatic heterocycles. The lowest BCUT2D eigenvalue weighted by atomic mass is 10.2. The predicted octanol–water partition coefficient (Wildman–Crippen LogP) is 2.53. The van der Waals surface area contributed by atoms with Crippen molar-refractivity contribution in [2.75, 3.05) is 17.3 Å². The van der Waals surface area contributed by atoms with Crippen molar-refractivity contribution in [1.29, 1.82) is 0 Å². The van der Waals surface area contributed by atoms with Gasteiger partial charge < -0.3 is 10.2 Å². The minimum absolute atomic E-state index is 0.0725. The molecule has 96 valence electrons. The molecule has 2 aromatic rings. The number of nitrogens with one attached hydrogen (secondary N) is 1. The van der Waals surface area contributed by atoms with Crippen molar-refractivity contribution in [3.8, 4) is 0 Å². The van der Waals surface area contributed by atoms with Crippen LogP contribution < -0.4 is 10.2 Å². The summed E-state index contributed by atoms with van der Waals surface area (Å²) in [5.41, 5.74) is 2.10. The van der Waals surface area contributed by atoms with Crippen LogP contribution in [0.5, 0.6) is 0 Å². The second-order valence-electron chi connectivity index (χ2n) is 4.04. The largest absolute Gasteiger partial charge is 0.329 e. The Morgan fingerprint density at radius 2 is 1.68 bits per heavy atom. The SMILES string of the molecule is CN(C(=O)c1ccccc1)c1ccc(NC=O)cc1. The monoisotopic (exact) mass is 254 g/mol. The van der Waals surface area contributed by atoms with Crippen molar-refractivity contribution < 1.29 is 9.59 Å². The molecule has 0 saturated heterocycles. The second kappa shape index (κ2) is 5.82. The number of carbonyl (C=O) groups excluding carboxylic acids is 2. The van der Waals surface area contributed by atoms with Crippen LogP contribution in [-0.4, -0.2) is 19.4 Å². The van der Waals surface area contributed by atoms with E-state index < -0.39 is 0 Å². The van der Waals surface area contributed by atoms with E-state index in [4.69, 9.17) is 0 Å². The second-order valence-corrected chi connectivity index (χ2v) is 4.04. The standard InChI is InChI=1S/C15H14N2O2/c1-17(15(19)12-5-3-2-4-6-12)14-9-7-13(8-10-14)16-11-18/h2-11H,1H3,(H,16,18). The van der Waals surface area contributed by atoms with Crippen LogP contribution in [0.15, 0.2) is 54.6 Å². The van der Waals surface area contributed by atoms with Gasteiger partial charge in [-0.05, 0) is 36.4 Å². The Morgan fingerprint density at radius 1 is 1.05 bits per heavy atom. The topological polar surface area (TPSA) is 49.4 Å². The minimum atomic E-state index is -0.0725. The molecule has 0 aliphatic carbocycles. The number of nitrogens with zero attached hydrogens (tertiary/aromatic N) is 1. The van der Waals surface area contributed by atoms with Gasteiger partial charge in [-0.2, -0.15) is 0 Å². The van der Waals surface area contributed by atoms with Gasteiger partial charge in [0.1, 0.15) is 0 Å². The van der Waals surface area contributed by atoms with Crippen LogP contribution >= 0.6 is 0 Å². The molecule has 0 aliphatic rings. The van der Waals surface area contributed by atoms with E-state index >= 15 is 0 Å². The zero-order chi connectivity index (χ0) is 13.7. The average molecular weight is 254 g/mol. The molecule has 0 bridgehead atoms. The maximum Gasteiger partial charge on any atom is 0.258 e. The highest BCUT2D eigenvalue weighted by Crippen LogP contribution is 2.18. The molecule has 0 spiro atoms. The van der Waals surface area contributed by atoms with E-state index in [1.807, 2.05) is 18.2 Å². The fourth-order valence-electron chi connectivity index (χ4n) is 1.74. The summed E-state index contributed by atoms with van der Waals surface area (Å²) < 4.78 is 0. The average Bonchev–Trinajstić information content (AvgIpc) is 2.48. The first-order valence-electron chi connectivity index (χ1n) is 5.85. The smallest absolute Gasteiger partial charge is 0.258 e. The molecule has 1 N–H and O–H groups in total. The van der Waals surface area contributed by atoms with E-state index in [0.717, 1.165) is 5.69 Å². The van der Waals surface area contributed by atoms with Crippen molar-refractivity contribution >= 4 is 23.7 Å². The molecule has 0 atom stereocenters. The molecule has 4 heteroatoms. The third-order valence-electron chi connectivity index (χ3n) is 2.81. The van der Waals surface area contributed by atoms with Crippen molar-refractivity contribution in [3.63, 3.8) is 0 Å². The van der Waals surface area contributed by atoms with E-state index in [1.165, 1.54) is 0 Å². The molecule has 0 aliphatic heterocycles. The zero-order valence-corrected chi connectivity index (χ0v) is 10.5. The van der Waals surface area contributed by atoms with Crippen LogP contribution in [0.25, 0.3) is 0 Å². The number of anilines is 2. The van der Waals surface area contributed by atoms with E-state index in [1.54, 1.807) is 48.3 Å². The number of hydrogen-bond donors (Lipinski definition) is 1. The normalized spacial score (nSPS) is 9.74. The van der Waals surface area contributed by atoms with Gasteiger partial charge in [0.25, 0.3) is 5.91 Å². The quantitative estimate of drug-likeness (QED) is 0.852. The fraction of sp³-hybridized carbons (Fsp3) is 0.0667. The van der Waals surface area contributed by atoms with Crippen LogP contribution in [0.2, 0.25) is 0 Å². The van der Waals surface area contributed by atoms with Crippen LogP contribution in [0.3, 0.4) is 0 Å². The Kier molecular flexibility index (Phi) is 3.93. The molecule has 0 saturated carbocycles. The van der Waals surface area contributed by atoms with E-state index in [-0.39, 0.29) is 5.91 Å². The van der Waals surface area contributed by atoms with E-state index in [9.17, 15) is 9.59 Å². The lowest BCUT2D eigenvalue weighted by Gasteiger charge is -2.17. The highest BCUT2D eigenvalue weighted by atomic mass is 16.2. The van der Waals surface area contributed by atoms with E-state index in [2.05, 4.69) is 5.32 Å². The van der Waals surface area contributed by atoms with Gasteiger partial charge in [-0.15, -0.1) is 0 Å². The van der Waals surface area contributed by atoms with Gasteiger partial charge in [0.2, 0.25) is 6.41 Å². The highest BCUT2D eigenvalue weighted by molar-refractivity contribution is 6.05. The highest BCUT2D eigenvalue weighted by Gasteiger charge is 2.12. The molecule has 2 amide bonds. The molecule has 4 nitrogen and oxygen atoms in total. The summed E-state index contributed by atoms with van der Waals surface area (Å²) in [5, 5.41) is 2.55. The Morgan fingerprint density at radius 3 is 2.26 bits per heavy atom. The Balaban J connectivity index is 2.17. The van der Waals surface area contributed by atoms with Gasteiger partial charge in [0.05, 0.1) is 0 Å². The first kappa shape index (κ1) is 12.8. The Hall–Kier alpha value is -2.62. The van der Waals surface area contributed by atoms with Crippen molar-refractivity contribution in [2.24, 2.45) is 0 Å². The molecule has 2 rings (SSSR count). The lowest BCUT2D eigenvalue weighted by Crippen LogP contribution is -2.26. The third-order valence-corrected chi connectivity index (χ3v) is 2.81. The zero-order valence-electron chi connectivity index (χ0n) is 10.5. The van der Waals surface area contributed by atoms with Gasteiger partial charge >= 0.3 is 0 Å². The molecule has 0 fully saturated rings. The molecule has 0 unspecified atom stereocenters. The van der Waals surface area contributed by atoms with Crippen LogP contribution in [0.4, 0.5) is 11.4 Å². The van der Waals surface area contributed by atoms with Gasteiger partial charge in [-0.25, -0.2) is 0 Å². The van der Waals surface area contributed by atoms with Crippen molar-refractivity contribution in [3.05, 3.63) is 60.2 Å². The van der Waals surface area contributed by atoms with Crippen LogP contribution in [0.1, 0.15) is 10.4 Å². The lowest BCUT2D eigenvalue weighted by molar-refractivity contribution is -0.105. The third kappa shape index (κ3) is 2.98. The summed E-state index contributed by atoms with van der Waals surface area (Å²) in [6, 6.07) is 16.2. The summed E-state index contributed by atoms with van der Waals surface area (Å²) in [6.07, 6.45) is 0.619. The molecule has 0 radical (unpaired) electrons. The maximum absolute atomic E-state index is 12.2. The number of carbonyl (C=O) groups is 2. The molecular weight excluding hydrogens is 240 g/mol. The predicted molar refractivity (Wildman–Crippen MR) is 75.3 cm³/mol.